The summed E-state index contributed by atoms with van der Waals surface area (Å²) in [5, 5.41) is 1.83. The number of thiophene rings is 1. The Balaban J connectivity index is 2.53. The lowest BCUT2D eigenvalue weighted by Crippen LogP contribution is -2.11. The van der Waals surface area contributed by atoms with E-state index in [0.717, 1.165) is 16.9 Å². The Bertz CT molecular complexity index is 401. The van der Waals surface area contributed by atoms with Crippen LogP contribution in [0.5, 0.6) is 0 Å². The van der Waals surface area contributed by atoms with E-state index in [1.807, 2.05) is 29.7 Å². The summed E-state index contributed by atoms with van der Waals surface area (Å²) in [6.45, 7) is 0. The molecule has 1 aromatic heterocycles. The van der Waals surface area contributed by atoms with Crippen LogP contribution in [0.1, 0.15) is 20.8 Å². The molecule has 13 heavy (non-hydrogen) atoms. The van der Waals surface area contributed by atoms with Gasteiger partial charge in [-0.2, -0.15) is 0 Å². The molecule has 1 heterocycles. The van der Waals surface area contributed by atoms with Crippen molar-refractivity contribution in [1.82, 2.24) is 0 Å². The van der Waals surface area contributed by atoms with Gasteiger partial charge in [-0.3, -0.25) is 4.79 Å². The predicted molar refractivity (Wildman–Crippen MR) is 54.7 cm³/mol. The molecule has 2 N–H and O–H groups in total. The van der Waals surface area contributed by atoms with E-state index in [1.54, 1.807) is 11.3 Å². The minimum absolute atomic E-state index is 0.332. The second kappa shape index (κ2) is 3.18. The van der Waals surface area contributed by atoms with Gasteiger partial charge in [0.2, 0.25) is 5.91 Å². The maximum atomic E-state index is 11.0. The van der Waals surface area contributed by atoms with Crippen molar-refractivity contribution < 1.29 is 4.79 Å². The molecule has 0 aliphatic heterocycles. The Kier molecular flexibility index (Phi) is 2.02. The number of fused-ring (bicyclic) bond motifs is 1. The Morgan fingerprint density at radius 1 is 1.46 bits per heavy atom. The zero-order valence-corrected chi connectivity index (χ0v) is 7.80. The first-order chi connectivity index (χ1) is 6.29. The summed E-state index contributed by atoms with van der Waals surface area (Å²) in [5.41, 5.74) is 6.97. The van der Waals surface area contributed by atoms with Gasteiger partial charge in [-0.05, 0) is 18.1 Å². The number of allylic oxidation sites excluding steroid dienone is 3. The Labute approximate surface area is 80.4 Å². The zero-order chi connectivity index (χ0) is 9.26. The van der Waals surface area contributed by atoms with Gasteiger partial charge in [-0.25, -0.2) is 0 Å². The number of amides is 1. The summed E-state index contributed by atoms with van der Waals surface area (Å²) in [7, 11) is 0. The number of hydrogen-bond donors (Lipinski definition) is 1. The summed E-state index contributed by atoms with van der Waals surface area (Å²) in [5.74, 6) is -0.332. The molecule has 0 aromatic carbocycles. The molecule has 0 atom stereocenters. The molecule has 0 fully saturated rings. The minimum Gasteiger partial charge on any atom is -0.366 e. The highest BCUT2D eigenvalue weighted by Crippen LogP contribution is 2.26. The van der Waals surface area contributed by atoms with Crippen LogP contribution >= 0.6 is 11.3 Å². The predicted octanol–water partition coefficient (Wildman–Crippen LogP) is 1.97. The average Bonchev–Trinajstić information content (AvgIpc) is 2.36. The van der Waals surface area contributed by atoms with Crippen LogP contribution in [0.2, 0.25) is 0 Å². The van der Waals surface area contributed by atoms with Gasteiger partial charge in [0.15, 0.2) is 0 Å². The highest BCUT2D eigenvalue weighted by molar-refractivity contribution is 7.11. The van der Waals surface area contributed by atoms with Gasteiger partial charge in [0, 0.05) is 10.3 Å². The SMILES string of the molecule is NC(=O)c1csc2c1CC=CC=C2. The second-order valence-corrected chi connectivity index (χ2v) is 3.76. The van der Waals surface area contributed by atoms with E-state index in [2.05, 4.69) is 0 Å². The van der Waals surface area contributed by atoms with Gasteiger partial charge in [-0.15, -0.1) is 11.3 Å². The molecule has 0 saturated carbocycles. The molecular formula is C10H9NOS. The van der Waals surface area contributed by atoms with Crippen molar-refractivity contribution in [3.8, 4) is 0 Å². The summed E-state index contributed by atoms with van der Waals surface area (Å²) >= 11 is 1.57. The molecule has 2 rings (SSSR count). The molecule has 66 valence electrons. The normalized spacial score (nSPS) is 13.8. The van der Waals surface area contributed by atoms with Crippen molar-refractivity contribution in [2.45, 2.75) is 6.42 Å². The van der Waals surface area contributed by atoms with Gasteiger partial charge >= 0.3 is 0 Å². The molecule has 0 radical (unpaired) electrons. The maximum absolute atomic E-state index is 11.0. The molecule has 0 saturated heterocycles. The molecule has 3 heteroatoms. The molecule has 0 spiro atoms. The lowest BCUT2D eigenvalue weighted by atomic mass is 10.1. The van der Waals surface area contributed by atoms with Crippen LogP contribution in [0.25, 0.3) is 6.08 Å². The lowest BCUT2D eigenvalue weighted by Gasteiger charge is -1.97. The third-order valence-electron chi connectivity index (χ3n) is 2.01. The van der Waals surface area contributed by atoms with Crippen LogP contribution < -0.4 is 5.73 Å². The number of primary amides is 1. The van der Waals surface area contributed by atoms with E-state index in [-0.39, 0.29) is 5.91 Å². The van der Waals surface area contributed by atoms with Gasteiger partial charge < -0.3 is 5.73 Å². The Morgan fingerprint density at radius 3 is 3.08 bits per heavy atom. The van der Waals surface area contributed by atoms with E-state index in [4.69, 9.17) is 5.73 Å². The van der Waals surface area contributed by atoms with Crippen LogP contribution in [0.3, 0.4) is 0 Å². The number of rotatable bonds is 1. The largest absolute Gasteiger partial charge is 0.366 e. The van der Waals surface area contributed by atoms with Gasteiger partial charge in [-0.1, -0.05) is 18.2 Å². The Hall–Kier alpha value is -1.35. The van der Waals surface area contributed by atoms with Crippen molar-refractivity contribution in [2.24, 2.45) is 5.73 Å². The zero-order valence-electron chi connectivity index (χ0n) is 6.99. The number of carbonyl (C=O) groups excluding carboxylic acids is 1. The van der Waals surface area contributed by atoms with Gasteiger partial charge in [0.1, 0.15) is 0 Å². The minimum atomic E-state index is -0.332. The van der Waals surface area contributed by atoms with Crippen molar-refractivity contribution >= 4 is 23.3 Å². The van der Waals surface area contributed by atoms with Crippen molar-refractivity contribution in [3.05, 3.63) is 39.6 Å². The molecule has 1 aliphatic rings. The van der Waals surface area contributed by atoms with E-state index < -0.39 is 0 Å². The fourth-order valence-corrected chi connectivity index (χ4v) is 2.36. The quantitative estimate of drug-likeness (QED) is 0.724. The molecule has 1 aromatic rings. The average molecular weight is 191 g/mol. The second-order valence-electron chi connectivity index (χ2n) is 2.85. The van der Waals surface area contributed by atoms with Gasteiger partial charge in [0.05, 0.1) is 5.56 Å². The van der Waals surface area contributed by atoms with Crippen molar-refractivity contribution in [1.29, 1.82) is 0 Å². The smallest absolute Gasteiger partial charge is 0.249 e. The van der Waals surface area contributed by atoms with Crippen LogP contribution in [0.15, 0.2) is 23.6 Å². The molecular weight excluding hydrogens is 182 g/mol. The Morgan fingerprint density at radius 2 is 2.31 bits per heavy atom. The lowest BCUT2D eigenvalue weighted by molar-refractivity contribution is 0.1000. The topological polar surface area (TPSA) is 43.1 Å². The molecule has 1 amide bonds. The first-order valence-electron chi connectivity index (χ1n) is 4.02. The highest BCUT2D eigenvalue weighted by atomic mass is 32.1. The first kappa shape index (κ1) is 8.26. The molecule has 0 bridgehead atoms. The highest BCUT2D eigenvalue weighted by Gasteiger charge is 2.13. The summed E-state index contributed by atoms with van der Waals surface area (Å²) in [4.78, 5) is 12.2. The van der Waals surface area contributed by atoms with Crippen molar-refractivity contribution in [2.75, 3.05) is 0 Å². The van der Waals surface area contributed by atoms with Gasteiger partial charge in [0.25, 0.3) is 0 Å². The van der Waals surface area contributed by atoms with Crippen LogP contribution in [-0.4, -0.2) is 5.91 Å². The van der Waals surface area contributed by atoms with E-state index in [9.17, 15) is 4.79 Å². The number of hydrogen-bond acceptors (Lipinski definition) is 2. The molecule has 2 nitrogen and oxygen atoms in total. The molecule has 1 aliphatic carbocycles. The van der Waals surface area contributed by atoms with E-state index >= 15 is 0 Å². The summed E-state index contributed by atoms with van der Waals surface area (Å²) in [6.07, 6.45) is 8.80. The van der Waals surface area contributed by atoms with Crippen LogP contribution in [-0.2, 0) is 6.42 Å². The number of carbonyl (C=O) groups is 1. The third kappa shape index (κ3) is 1.42. The number of nitrogens with two attached hydrogens (primary N) is 1. The fourth-order valence-electron chi connectivity index (χ4n) is 1.36. The monoisotopic (exact) mass is 191 g/mol. The fraction of sp³-hybridized carbons (Fsp3) is 0.100. The van der Waals surface area contributed by atoms with Crippen LogP contribution in [0, 0.1) is 0 Å². The summed E-state index contributed by atoms with van der Waals surface area (Å²) in [6, 6.07) is 0. The standard InChI is InChI=1S/C10H9NOS/c11-10(12)8-6-13-9-5-3-1-2-4-7(8)9/h1-3,5-6H,4H2,(H2,11,12). The van der Waals surface area contributed by atoms with Crippen LogP contribution in [0.4, 0.5) is 0 Å². The van der Waals surface area contributed by atoms with E-state index in [0.29, 0.717) is 5.56 Å². The van der Waals surface area contributed by atoms with Crippen molar-refractivity contribution in [3.63, 3.8) is 0 Å². The molecule has 0 unspecified atom stereocenters. The first-order valence-corrected chi connectivity index (χ1v) is 4.90. The third-order valence-corrected chi connectivity index (χ3v) is 3.00. The summed E-state index contributed by atoms with van der Waals surface area (Å²) < 4.78 is 0. The maximum Gasteiger partial charge on any atom is 0.249 e. The van der Waals surface area contributed by atoms with E-state index in [1.165, 1.54) is 0 Å².